The van der Waals surface area contributed by atoms with Gasteiger partial charge in [-0.1, -0.05) is 35.9 Å². The van der Waals surface area contributed by atoms with Crippen LogP contribution < -0.4 is 9.62 Å². The van der Waals surface area contributed by atoms with E-state index in [9.17, 15) is 18.0 Å². The van der Waals surface area contributed by atoms with Crippen LogP contribution in [0.4, 0.5) is 5.69 Å². The molecule has 0 saturated heterocycles. The van der Waals surface area contributed by atoms with Gasteiger partial charge in [0.1, 0.15) is 12.6 Å². The summed E-state index contributed by atoms with van der Waals surface area (Å²) < 4.78 is 26.3. The Kier molecular flexibility index (Phi) is 8.69. The van der Waals surface area contributed by atoms with Crippen molar-refractivity contribution in [3.8, 4) is 0 Å². The molecule has 0 bridgehead atoms. The van der Waals surface area contributed by atoms with Crippen molar-refractivity contribution in [2.45, 2.75) is 40.3 Å². The van der Waals surface area contributed by atoms with Gasteiger partial charge in [0, 0.05) is 18.1 Å². The van der Waals surface area contributed by atoms with E-state index in [1.165, 1.54) is 4.90 Å². The molecule has 0 aromatic heterocycles. The summed E-state index contributed by atoms with van der Waals surface area (Å²) >= 11 is 6.09. The Hall–Kier alpha value is -2.58. The first-order chi connectivity index (χ1) is 15.0. The third-order valence-corrected chi connectivity index (χ3v) is 6.65. The molecule has 1 atom stereocenters. The van der Waals surface area contributed by atoms with Crippen molar-refractivity contribution in [1.82, 2.24) is 10.2 Å². The molecule has 0 radical (unpaired) electrons. The van der Waals surface area contributed by atoms with Gasteiger partial charge in [-0.3, -0.25) is 13.9 Å². The van der Waals surface area contributed by atoms with Crippen molar-refractivity contribution < 1.29 is 18.0 Å². The van der Waals surface area contributed by atoms with Gasteiger partial charge in [0.25, 0.3) is 0 Å². The van der Waals surface area contributed by atoms with Gasteiger partial charge >= 0.3 is 0 Å². The maximum atomic E-state index is 13.4. The molecule has 2 rings (SSSR count). The first-order valence-electron chi connectivity index (χ1n) is 10.3. The summed E-state index contributed by atoms with van der Waals surface area (Å²) in [7, 11) is -3.76. The van der Waals surface area contributed by atoms with E-state index in [1.54, 1.807) is 50.2 Å². The van der Waals surface area contributed by atoms with Gasteiger partial charge < -0.3 is 10.2 Å². The van der Waals surface area contributed by atoms with Crippen LogP contribution in [0, 0.1) is 13.8 Å². The number of likely N-dealkylation sites (N-methyl/N-ethyl adjacent to an activating group) is 1. The van der Waals surface area contributed by atoms with E-state index in [4.69, 9.17) is 11.6 Å². The van der Waals surface area contributed by atoms with E-state index in [0.717, 1.165) is 27.3 Å². The smallest absolute Gasteiger partial charge is 0.244 e. The molecule has 0 saturated carbocycles. The summed E-state index contributed by atoms with van der Waals surface area (Å²) in [6.45, 7) is 7.21. The monoisotopic (exact) mass is 479 g/mol. The summed E-state index contributed by atoms with van der Waals surface area (Å²) in [5, 5.41) is 3.23. The molecule has 0 fully saturated rings. The molecule has 2 amide bonds. The second kappa shape index (κ2) is 10.8. The van der Waals surface area contributed by atoms with Crippen molar-refractivity contribution in [3.05, 3.63) is 64.2 Å². The molecule has 0 aliphatic carbocycles. The largest absolute Gasteiger partial charge is 0.355 e. The topological polar surface area (TPSA) is 86.8 Å². The number of anilines is 1. The highest BCUT2D eigenvalue weighted by atomic mass is 35.5. The minimum absolute atomic E-state index is 0.113. The highest BCUT2D eigenvalue weighted by Gasteiger charge is 2.30. The molecule has 2 aromatic carbocycles. The number of carbonyl (C=O) groups is 2. The number of nitrogens with zero attached hydrogens (tertiary/aromatic N) is 2. The van der Waals surface area contributed by atoms with Crippen LogP contribution in [0.15, 0.2) is 42.5 Å². The summed E-state index contributed by atoms with van der Waals surface area (Å²) in [4.78, 5) is 27.3. The molecule has 7 nitrogen and oxygen atoms in total. The molecule has 0 spiro atoms. The molecule has 9 heteroatoms. The molecule has 0 aliphatic rings. The molecular weight excluding hydrogens is 450 g/mol. The fraction of sp³-hybridized carbons (Fsp3) is 0.391. The number of benzene rings is 2. The number of halogens is 1. The first-order valence-corrected chi connectivity index (χ1v) is 12.5. The lowest BCUT2D eigenvalue weighted by Crippen LogP contribution is -2.51. The van der Waals surface area contributed by atoms with Crippen molar-refractivity contribution >= 4 is 39.1 Å². The maximum Gasteiger partial charge on any atom is 0.244 e. The van der Waals surface area contributed by atoms with E-state index < -0.39 is 28.5 Å². The number of aryl methyl sites for hydroxylation is 1. The Labute approximate surface area is 195 Å². The molecule has 0 heterocycles. The fourth-order valence-corrected chi connectivity index (χ4v) is 4.45. The predicted octanol–water partition coefficient (Wildman–Crippen LogP) is 3.28. The number of rotatable bonds is 9. The number of nitrogens with one attached hydrogen (secondary N) is 1. The van der Waals surface area contributed by atoms with Crippen LogP contribution in [-0.2, 0) is 26.2 Å². The number of hydrogen-bond donors (Lipinski definition) is 1. The van der Waals surface area contributed by atoms with Crippen LogP contribution >= 0.6 is 11.6 Å². The zero-order chi connectivity index (χ0) is 24.1. The average Bonchev–Trinajstić information content (AvgIpc) is 2.71. The normalized spacial score (nSPS) is 12.2. The van der Waals surface area contributed by atoms with E-state index >= 15 is 0 Å². The Morgan fingerprint density at radius 2 is 1.78 bits per heavy atom. The quantitative estimate of drug-likeness (QED) is 0.598. The third kappa shape index (κ3) is 6.46. The summed E-state index contributed by atoms with van der Waals surface area (Å²) in [5.41, 5.74) is 2.85. The zero-order valence-corrected chi connectivity index (χ0v) is 20.6. The van der Waals surface area contributed by atoms with Gasteiger partial charge in [-0.05, 0) is 62.6 Å². The van der Waals surface area contributed by atoms with Crippen molar-refractivity contribution in [1.29, 1.82) is 0 Å². The Bertz CT molecular complexity index is 1090. The van der Waals surface area contributed by atoms with Gasteiger partial charge in [0.05, 0.1) is 11.9 Å². The van der Waals surface area contributed by atoms with Gasteiger partial charge in [-0.25, -0.2) is 8.42 Å². The second-order valence-corrected chi connectivity index (χ2v) is 10.1. The lowest BCUT2D eigenvalue weighted by molar-refractivity contribution is -0.139. The molecule has 0 aliphatic heterocycles. The zero-order valence-electron chi connectivity index (χ0n) is 19.1. The summed E-state index contributed by atoms with van der Waals surface area (Å²) in [5.74, 6) is -0.810. The Morgan fingerprint density at radius 1 is 1.12 bits per heavy atom. The minimum atomic E-state index is -3.76. The molecule has 2 aromatic rings. The van der Waals surface area contributed by atoms with E-state index in [0.29, 0.717) is 17.3 Å². The van der Waals surface area contributed by atoms with Gasteiger partial charge in [-0.15, -0.1) is 0 Å². The number of amides is 2. The molecule has 1 N–H and O–H groups in total. The van der Waals surface area contributed by atoms with Crippen molar-refractivity contribution in [2.24, 2.45) is 0 Å². The Balaban J connectivity index is 2.43. The number of sulfonamides is 1. The van der Waals surface area contributed by atoms with Crippen molar-refractivity contribution in [3.63, 3.8) is 0 Å². The van der Waals surface area contributed by atoms with Gasteiger partial charge in [0.2, 0.25) is 21.8 Å². The van der Waals surface area contributed by atoms with Crippen LogP contribution in [0.3, 0.4) is 0 Å². The molecule has 32 heavy (non-hydrogen) atoms. The number of carbonyl (C=O) groups excluding carboxylic acids is 2. The highest BCUT2D eigenvalue weighted by Crippen LogP contribution is 2.25. The van der Waals surface area contributed by atoms with Crippen LogP contribution in [0.25, 0.3) is 0 Å². The SMILES string of the molecule is CCNC(=O)[C@H](C)N(Cc1cccc(Cl)c1)C(=O)CN(c1cccc(C)c1C)S(C)(=O)=O. The fourth-order valence-electron chi connectivity index (χ4n) is 3.34. The maximum absolute atomic E-state index is 13.4. The summed E-state index contributed by atoms with van der Waals surface area (Å²) in [6, 6.07) is 11.5. The highest BCUT2D eigenvalue weighted by molar-refractivity contribution is 7.92. The van der Waals surface area contributed by atoms with E-state index in [1.807, 2.05) is 19.9 Å². The van der Waals surface area contributed by atoms with Crippen LogP contribution in [0.1, 0.15) is 30.5 Å². The third-order valence-electron chi connectivity index (χ3n) is 5.28. The van der Waals surface area contributed by atoms with Gasteiger partial charge in [0.15, 0.2) is 0 Å². The second-order valence-electron chi connectivity index (χ2n) is 7.71. The summed E-state index contributed by atoms with van der Waals surface area (Å²) in [6.07, 6.45) is 1.07. The lowest BCUT2D eigenvalue weighted by atomic mass is 10.1. The predicted molar refractivity (Wildman–Crippen MR) is 128 cm³/mol. The van der Waals surface area contributed by atoms with Crippen LogP contribution in [-0.4, -0.2) is 50.5 Å². The van der Waals surface area contributed by atoms with E-state index in [2.05, 4.69) is 5.32 Å². The molecule has 174 valence electrons. The van der Waals surface area contributed by atoms with E-state index in [-0.39, 0.29) is 12.5 Å². The number of hydrogen-bond acceptors (Lipinski definition) is 4. The minimum Gasteiger partial charge on any atom is -0.355 e. The standard InChI is InChI=1S/C23H30ClN3O4S/c1-6-25-23(29)18(4)26(14-19-10-8-11-20(24)13-19)22(28)15-27(32(5,30)31)21-12-7-9-16(2)17(21)3/h7-13,18H,6,14-15H2,1-5H3,(H,25,29)/t18-/m0/s1. The van der Waals surface area contributed by atoms with Crippen molar-refractivity contribution in [2.75, 3.05) is 23.7 Å². The molecular formula is C23H30ClN3O4S. The van der Waals surface area contributed by atoms with Crippen LogP contribution in [0.2, 0.25) is 5.02 Å². The first kappa shape index (κ1) is 25.7. The lowest BCUT2D eigenvalue weighted by Gasteiger charge is -2.32. The average molecular weight is 480 g/mol. The van der Waals surface area contributed by atoms with Crippen LogP contribution in [0.5, 0.6) is 0 Å². The van der Waals surface area contributed by atoms with Gasteiger partial charge in [-0.2, -0.15) is 0 Å². The molecule has 0 unspecified atom stereocenters. The Morgan fingerprint density at radius 3 is 2.38 bits per heavy atom.